The summed E-state index contributed by atoms with van der Waals surface area (Å²) in [5.41, 5.74) is 0. The molecule has 0 spiro atoms. The number of Topliss-reactive ketones (excluding diaryl/α,β-unsaturated/α-hetero) is 1. The second kappa shape index (κ2) is 36.4. The Labute approximate surface area is 413 Å². The van der Waals surface area contributed by atoms with Crippen LogP contribution in [-0.2, 0) is 52.3 Å². The van der Waals surface area contributed by atoms with Crippen molar-refractivity contribution in [2.24, 2.45) is 5.92 Å². The number of fused-ring (bicyclic) bond motifs is 1. The van der Waals surface area contributed by atoms with E-state index in [9.17, 15) is 40.8 Å². The van der Waals surface area contributed by atoms with E-state index in [0.29, 0.717) is 51.0 Å². The number of ketones is 1. The summed E-state index contributed by atoms with van der Waals surface area (Å²) in [5, 5.41) is 13.7. The van der Waals surface area contributed by atoms with E-state index in [0.717, 1.165) is 122 Å². The minimum Gasteiger partial charge on any atom is -0.726 e. The molecular weight excluding hydrogens is 836 g/mol. The zero-order chi connectivity index (χ0) is 39.7. The van der Waals surface area contributed by atoms with Gasteiger partial charge in [-0.1, -0.05) is 135 Å². The maximum atomic E-state index is 13.5. The van der Waals surface area contributed by atoms with Gasteiger partial charge in [-0.3, -0.25) is 27.2 Å². The molecular formula is C36H64NNa3O14S3. The average molecular weight is 900 g/mol. The minimum absolute atomic E-state index is 0. The summed E-state index contributed by atoms with van der Waals surface area (Å²) >= 11 is 0.0607. The zero-order valence-corrected chi connectivity index (χ0v) is 43.5. The molecule has 0 aromatic heterocycles. The fourth-order valence-electron chi connectivity index (χ4n) is 7.77. The van der Waals surface area contributed by atoms with Crippen LogP contribution in [0.2, 0.25) is 0 Å². The van der Waals surface area contributed by atoms with Gasteiger partial charge >= 0.3 is 88.7 Å². The molecule has 5 atom stereocenters. The number of amides is 1. The van der Waals surface area contributed by atoms with Crippen LogP contribution in [0.1, 0.15) is 180 Å². The van der Waals surface area contributed by atoms with E-state index < -0.39 is 39.1 Å². The number of carbonyl (C=O) groups excluding carboxylic acids is 2. The molecule has 2 fully saturated rings. The van der Waals surface area contributed by atoms with Crippen LogP contribution >= 0.6 is 12.3 Å². The molecule has 2 saturated heterocycles. The fourth-order valence-corrected chi connectivity index (χ4v) is 9.16. The van der Waals surface area contributed by atoms with Crippen molar-refractivity contribution < 1.29 is 151 Å². The molecule has 57 heavy (non-hydrogen) atoms. The summed E-state index contributed by atoms with van der Waals surface area (Å²) in [6, 6.07) is -0.275. The summed E-state index contributed by atoms with van der Waals surface area (Å²) in [4.78, 5) is 28.5. The molecule has 2 aliphatic rings. The normalized spacial score (nSPS) is 25.9. The number of rotatable bonds is 11. The van der Waals surface area contributed by atoms with Gasteiger partial charge < -0.3 is 19.3 Å². The second-order valence-corrected chi connectivity index (χ2v) is 17.4. The molecule has 0 radical (unpaired) electrons. The van der Waals surface area contributed by atoms with E-state index in [1.807, 2.05) is 4.90 Å². The molecule has 2 rings (SSSR count). The summed E-state index contributed by atoms with van der Waals surface area (Å²) in [6.45, 7) is 2.83. The molecule has 0 aromatic rings. The first-order chi connectivity index (χ1) is 25.8. The molecule has 318 valence electrons. The Bertz CT molecular complexity index is 1260. The van der Waals surface area contributed by atoms with Gasteiger partial charge in [-0.05, 0) is 38.0 Å². The van der Waals surface area contributed by atoms with Crippen molar-refractivity contribution in [3.63, 3.8) is 0 Å². The largest absolute Gasteiger partial charge is 1.00 e. The predicted molar refractivity (Wildman–Crippen MR) is 198 cm³/mol. The third-order valence-electron chi connectivity index (χ3n) is 10.6. The SMILES string of the molecule is CCCC[C@H]1CCCCCCCCC[C@H](OSOO[O-])[C@H](OS(=O)(=O)[O-])[C@@H](OS(=O)(=O)[O-])CCCCCCCCCCCCC(=O)N2CCC[C@H]2C(=O)C1.[Na+].[Na+].[Na+]. The van der Waals surface area contributed by atoms with Gasteiger partial charge in [0, 0.05) is 19.4 Å². The molecule has 15 nitrogen and oxygen atoms in total. The molecule has 0 aliphatic carbocycles. The van der Waals surface area contributed by atoms with Crippen LogP contribution in [0.25, 0.3) is 0 Å². The van der Waals surface area contributed by atoms with Gasteiger partial charge in [-0.25, -0.2) is 16.8 Å². The van der Waals surface area contributed by atoms with E-state index in [4.69, 9.17) is 12.5 Å². The van der Waals surface area contributed by atoms with Gasteiger partial charge in [-0.15, -0.1) is 4.33 Å². The van der Waals surface area contributed by atoms with Gasteiger partial charge in [0.05, 0.1) is 6.04 Å². The van der Waals surface area contributed by atoms with E-state index >= 15 is 0 Å². The van der Waals surface area contributed by atoms with Crippen LogP contribution < -0.4 is 93.9 Å². The fraction of sp³-hybridized carbons (Fsp3) is 0.944. The van der Waals surface area contributed by atoms with Crippen LogP contribution in [0.5, 0.6) is 0 Å². The van der Waals surface area contributed by atoms with Gasteiger partial charge in [0.25, 0.3) is 0 Å². The number of hydrogen-bond donors (Lipinski definition) is 0. The third kappa shape index (κ3) is 30.0. The van der Waals surface area contributed by atoms with Gasteiger partial charge in [-0.2, -0.15) is 0 Å². The molecule has 2 aliphatic heterocycles. The topological polar surface area (TPSA) is 221 Å². The summed E-state index contributed by atoms with van der Waals surface area (Å²) in [5.74, 6) is 0.620. The van der Waals surface area contributed by atoms with Crippen LogP contribution in [0.3, 0.4) is 0 Å². The Morgan fingerprint density at radius 2 is 1.16 bits per heavy atom. The minimum atomic E-state index is -5.41. The smallest absolute Gasteiger partial charge is 0.726 e. The quantitative estimate of drug-likeness (QED) is 0.0410. The first-order valence-electron chi connectivity index (χ1n) is 20.2. The first-order valence-corrected chi connectivity index (χ1v) is 23.6. The maximum absolute atomic E-state index is 13.5. The van der Waals surface area contributed by atoms with Crippen molar-refractivity contribution in [2.45, 2.75) is 205 Å². The Balaban J connectivity index is 0. The molecule has 2 heterocycles. The van der Waals surface area contributed by atoms with Gasteiger partial charge in [0.1, 0.15) is 18.3 Å². The van der Waals surface area contributed by atoms with Crippen LogP contribution in [0.4, 0.5) is 0 Å². The number of hydrogen-bond acceptors (Lipinski definition) is 15. The van der Waals surface area contributed by atoms with Crippen molar-refractivity contribution in [3.05, 3.63) is 0 Å². The Morgan fingerprint density at radius 3 is 1.67 bits per heavy atom. The van der Waals surface area contributed by atoms with E-state index in [2.05, 4.69) is 16.3 Å². The van der Waals surface area contributed by atoms with Crippen LogP contribution in [0, 0.1) is 5.92 Å². The number of nitrogens with zero attached hydrogens (tertiary/aromatic N) is 1. The van der Waals surface area contributed by atoms with E-state index in [-0.39, 0.29) is 132 Å². The Morgan fingerprint density at radius 1 is 0.667 bits per heavy atom. The molecule has 0 aromatic carbocycles. The summed E-state index contributed by atoms with van der Waals surface area (Å²) in [6.07, 6.45) is 16.1. The van der Waals surface area contributed by atoms with E-state index in [1.54, 1.807) is 0 Å². The molecule has 0 N–H and O–H groups in total. The monoisotopic (exact) mass is 899 g/mol. The number of carbonyl (C=O) groups is 2. The number of unbranched alkanes of at least 4 members (excludes halogenated alkanes) is 1. The molecule has 1 amide bonds. The van der Waals surface area contributed by atoms with Crippen molar-refractivity contribution in [3.8, 4) is 0 Å². The van der Waals surface area contributed by atoms with Crippen molar-refractivity contribution in [2.75, 3.05) is 6.54 Å². The third-order valence-corrected chi connectivity index (χ3v) is 11.9. The molecule has 0 bridgehead atoms. The first kappa shape index (κ1) is 61.2. The van der Waals surface area contributed by atoms with E-state index in [1.165, 1.54) is 0 Å². The second-order valence-electron chi connectivity index (χ2n) is 14.9. The zero-order valence-electron chi connectivity index (χ0n) is 35.1. The Kier molecular flexibility index (Phi) is 39.1. The summed E-state index contributed by atoms with van der Waals surface area (Å²) in [7, 11) is -10.8. The molecule has 21 heteroatoms. The van der Waals surface area contributed by atoms with Gasteiger partial charge in [0.15, 0.2) is 18.1 Å². The summed E-state index contributed by atoms with van der Waals surface area (Å²) < 4.78 is 89.4. The van der Waals surface area contributed by atoms with Gasteiger partial charge in [0.2, 0.25) is 26.7 Å². The van der Waals surface area contributed by atoms with Crippen LogP contribution in [-0.4, -0.2) is 73.4 Å². The average Bonchev–Trinajstić information content (AvgIpc) is 3.61. The standard InChI is InChI=1S/C36H67NO14S3.3Na/c1-2-3-22-30-23-17-13-9-8-11-14-18-25-33(47-52-51-50-40)36(49-54(44,45)46)34(48-53(41,42)43)26-19-15-10-6-4-5-7-12-16-20-27-35(39)37-28-21-24-31(37)32(38)29-30;;;/h30-31,33-34,36,40H,2-29H2,1H3,(H,41,42,43)(H,44,45,46);;;/q;3*+1/p-3/t30-,31-,33-,34-,36-;;;/m0.../s1. The van der Waals surface area contributed by atoms with Crippen molar-refractivity contribution in [1.29, 1.82) is 0 Å². The van der Waals surface area contributed by atoms with Crippen molar-refractivity contribution in [1.82, 2.24) is 4.90 Å². The van der Waals surface area contributed by atoms with Crippen LogP contribution in [0.15, 0.2) is 0 Å². The Hall–Kier alpha value is 2.07. The van der Waals surface area contributed by atoms with Crippen molar-refractivity contribution >= 4 is 44.8 Å². The predicted octanol–water partition coefficient (Wildman–Crippen LogP) is -2.18. The molecule has 0 saturated carbocycles. The maximum Gasteiger partial charge on any atom is 1.00 e. The molecule has 0 unspecified atom stereocenters.